The molecule has 2 N–H and O–H groups in total. The van der Waals surface area contributed by atoms with E-state index in [-0.39, 0.29) is 13.1 Å². The van der Waals surface area contributed by atoms with Crippen LogP contribution < -0.4 is 4.72 Å². The van der Waals surface area contributed by atoms with Gasteiger partial charge in [-0.3, -0.25) is 4.79 Å². The topological polar surface area (TPSA) is 86.7 Å². The number of carboxylic acids is 1. The van der Waals surface area contributed by atoms with Gasteiger partial charge in [0.05, 0.1) is 0 Å². The second kappa shape index (κ2) is 6.65. The summed E-state index contributed by atoms with van der Waals surface area (Å²) < 4.78 is 27.4. The number of carboxylic acid groups (broad SMARTS) is 1. The van der Waals surface area contributed by atoms with Crippen LogP contribution in [0.5, 0.6) is 0 Å². The Balaban J connectivity index is 2.81. The van der Waals surface area contributed by atoms with Crippen molar-refractivity contribution in [3.05, 3.63) is 35.9 Å². The van der Waals surface area contributed by atoms with Gasteiger partial charge in [0, 0.05) is 13.1 Å². The van der Waals surface area contributed by atoms with Crippen molar-refractivity contribution in [2.45, 2.75) is 26.4 Å². The van der Waals surface area contributed by atoms with E-state index in [1.54, 1.807) is 6.92 Å². The first-order valence-corrected chi connectivity index (χ1v) is 7.35. The molecule has 0 bridgehead atoms. The highest BCUT2D eigenvalue weighted by Crippen LogP contribution is 2.08. The Morgan fingerprint density at radius 3 is 2.42 bits per heavy atom. The van der Waals surface area contributed by atoms with Crippen LogP contribution in [-0.4, -0.2) is 36.4 Å². The van der Waals surface area contributed by atoms with E-state index in [1.165, 1.54) is 11.2 Å². The highest BCUT2D eigenvalue weighted by Gasteiger charge is 2.25. The molecule has 0 spiro atoms. The molecule has 1 rings (SSSR count). The van der Waals surface area contributed by atoms with Gasteiger partial charge < -0.3 is 5.11 Å². The average Bonchev–Trinajstić information content (AvgIpc) is 2.36. The van der Waals surface area contributed by atoms with Gasteiger partial charge in [-0.2, -0.15) is 17.4 Å². The van der Waals surface area contributed by atoms with E-state index in [4.69, 9.17) is 5.11 Å². The van der Waals surface area contributed by atoms with E-state index < -0.39 is 22.2 Å². The summed E-state index contributed by atoms with van der Waals surface area (Å²) in [6.45, 7) is 3.46. The zero-order chi connectivity index (χ0) is 14.5. The first-order valence-electron chi connectivity index (χ1n) is 5.91. The lowest BCUT2D eigenvalue weighted by Gasteiger charge is -2.22. The van der Waals surface area contributed by atoms with E-state index >= 15 is 0 Å². The molecule has 106 valence electrons. The third kappa shape index (κ3) is 4.62. The van der Waals surface area contributed by atoms with Crippen LogP contribution in [0.25, 0.3) is 0 Å². The normalized spacial score (nSPS) is 13.4. The minimum atomic E-state index is -3.81. The summed E-state index contributed by atoms with van der Waals surface area (Å²) in [6, 6.07) is 7.97. The van der Waals surface area contributed by atoms with Gasteiger partial charge in [0.15, 0.2) is 0 Å². The summed E-state index contributed by atoms with van der Waals surface area (Å²) >= 11 is 0. The maximum Gasteiger partial charge on any atom is 0.321 e. The summed E-state index contributed by atoms with van der Waals surface area (Å²) in [5.41, 5.74) is 0.845. The number of aliphatic carboxylic acids is 1. The van der Waals surface area contributed by atoms with Gasteiger partial charge >= 0.3 is 5.97 Å². The van der Waals surface area contributed by atoms with Gasteiger partial charge in [-0.15, -0.1) is 0 Å². The lowest BCUT2D eigenvalue weighted by atomic mass is 10.2. The van der Waals surface area contributed by atoms with Crippen LogP contribution in [0, 0.1) is 0 Å². The fourth-order valence-electron chi connectivity index (χ4n) is 1.50. The number of carbonyl (C=O) groups is 1. The van der Waals surface area contributed by atoms with E-state index in [1.807, 2.05) is 30.3 Å². The van der Waals surface area contributed by atoms with Crippen molar-refractivity contribution < 1.29 is 18.3 Å². The summed E-state index contributed by atoms with van der Waals surface area (Å²) in [5.74, 6) is -1.21. The summed E-state index contributed by atoms with van der Waals surface area (Å²) in [6.07, 6.45) is 0. The van der Waals surface area contributed by atoms with Gasteiger partial charge in [-0.25, -0.2) is 0 Å². The monoisotopic (exact) mass is 286 g/mol. The van der Waals surface area contributed by atoms with Crippen LogP contribution >= 0.6 is 0 Å². The number of hydrogen-bond acceptors (Lipinski definition) is 3. The highest BCUT2D eigenvalue weighted by molar-refractivity contribution is 7.87. The minimum Gasteiger partial charge on any atom is -0.480 e. The lowest BCUT2D eigenvalue weighted by Crippen LogP contribution is -2.46. The lowest BCUT2D eigenvalue weighted by molar-refractivity contribution is -0.138. The molecule has 6 nitrogen and oxygen atoms in total. The van der Waals surface area contributed by atoms with Crippen molar-refractivity contribution >= 4 is 16.2 Å². The van der Waals surface area contributed by atoms with Crippen molar-refractivity contribution in [1.29, 1.82) is 0 Å². The number of nitrogens with one attached hydrogen (secondary N) is 1. The van der Waals surface area contributed by atoms with Gasteiger partial charge in [0.1, 0.15) is 6.04 Å². The van der Waals surface area contributed by atoms with Crippen LogP contribution in [0.15, 0.2) is 30.3 Å². The number of rotatable bonds is 7. The average molecular weight is 286 g/mol. The second-order valence-corrected chi connectivity index (χ2v) is 5.80. The summed E-state index contributed by atoms with van der Waals surface area (Å²) in [7, 11) is -3.81. The Hall–Kier alpha value is -1.44. The molecular formula is C12H18N2O4S. The van der Waals surface area contributed by atoms with Crippen molar-refractivity contribution in [2.75, 3.05) is 6.54 Å². The smallest absolute Gasteiger partial charge is 0.321 e. The Morgan fingerprint density at radius 1 is 1.37 bits per heavy atom. The van der Waals surface area contributed by atoms with E-state index in [9.17, 15) is 13.2 Å². The molecule has 0 radical (unpaired) electrons. The number of benzene rings is 1. The molecule has 7 heteroatoms. The number of nitrogens with zero attached hydrogens (tertiary/aromatic N) is 1. The molecule has 0 saturated carbocycles. The van der Waals surface area contributed by atoms with Gasteiger partial charge in [-0.1, -0.05) is 37.3 Å². The van der Waals surface area contributed by atoms with Gasteiger partial charge in [-0.05, 0) is 12.5 Å². The highest BCUT2D eigenvalue weighted by atomic mass is 32.2. The molecule has 0 saturated heterocycles. The molecule has 0 aliphatic rings. The van der Waals surface area contributed by atoms with Crippen LogP contribution in [-0.2, 0) is 21.5 Å². The predicted molar refractivity (Wildman–Crippen MR) is 71.7 cm³/mol. The summed E-state index contributed by atoms with van der Waals surface area (Å²) in [4.78, 5) is 10.7. The maximum atomic E-state index is 12.0. The molecule has 1 atom stereocenters. The third-order valence-electron chi connectivity index (χ3n) is 2.59. The quantitative estimate of drug-likeness (QED) is 0.777. The Labute approximate surface area is 113 Å². The third-order valence-corrected chi connectivity index (χ3v) is 4.31. The molecule has 1 aromatic carbocycles. The van der Waals surface area contributed by atoms with Crippen molar-refractivity contribution in [1.82, 2.24) is 9.03 Å². The van der Waals surface area contributed by atoms with Crippen LogP contribution in [0.1, 0.15) is 19.4 Å². The van der Waals surface area contributed by atoms with Crippen LogP contribution in [0.3, 0.4) is 0 Å². The SMILES string of the molecule is CCN(Cc1ccccc1)S(=O)(=O)N[C@H](C)C(=O)O. The predicted octanol–water partition coefficient (Wildman–Crippen LogP) is 0.816. The van der Waals surface area contributed by atoms with Crippen molar-refractivity contribution in [3.8, 4) is 0 Å². The Morgan fingerprint density at radius 2 is 1.95 bits per heavy atom. The largest absolute Gasteiger partial charge is 0.480 e. The van der Waals surface area contributed by atoms with E-state index in [0.29, 0.717) is 0 Å². The van der Waals surface area contributed by atoms with Crippen molar-refractivity contribution in [3.63, 3.8) is 0 Å². The van der Waals surface area contributed by atoms with E-state index in [0.717, 1.165) is 5.56 Å². The standard InChI is InChI=1S/C12H18N2O4S/c1-3-14(9-11-7-5-4-6-8-11)19(17,18)13-10(2)12(15)16/h4-8,10,13H,3,9H2,1-2H3,(H,15,16)/t10-/m1/s1. The molecule has 1 aromatic rings. The van der Waals surface area contributed by atoms with E-state index in [2.05, 4.69) is 4.72 Å². The van der Waals surface area contributed by atoms with Gasteiger partial charge in [0.2, 0.25) is 0 Å². The molecule has 0 aliphatic heterocycles. The fraction of sp³-hybridized carbons (Fsp3) is 0.417. The first kappa shape index (κ1) is 15.6. The molecular weight excluding hydrogens is 268 g/mol. The minimum absolute atomic E-state index is 0.207. The zero-order valence-corrected chi connectivity index (χ0v) is 11.7. The van der Waals surface area contributed by atoms with Crippen LogP contribution in [0.4, 0.5) is 0 Å². The second-order valence-electron chi connectivity index (χ2n) is 4.09. The van der Waals surface area contributed by atoms with Crippen molar-refractivity contribution in [2.24, 2.45) is 0 Å². The fourth-order valence-corrected chi connectivity index (χ4v) is 2.86. The molecule has 0 heterocycles. The molecule has 0 unspecified atom stereocenters. The molecule has 19 heavy (non-hydrogen) atoms. The molecule has 0 aromatic heterocycles. The van der Waals surface area contributed by atoms with Crippen LogP contribution in [0.2, 0.25) is 0 Å². The maximum absolute atomic E-state index is 12.0. The Bertz CT molecular complexity index is 516. The zero-order valence-electron chi connectivity index (χ0n) is 10.9. The summed E-state index contributed by atoms with van der Waals surface area (Å²) in [5, 5.41) is 8.74. The number of hydrogen-bond donors (Lipinski definition) is 2. The molecule has 0 fully saturated rings. The first-order chi connectivity index (χ1) is 8.86. The molecule has 0 aliphatic carbocycles. The Kier molecular flexibility index (Phi) is 5.46. The molecule has 0 amide bonds. The van der Waals surface area contributed by atoms with Gasteiger partial charge in [0.25, 0.3) is 10.2 Å².